The number of halogens is 1. The highest BCUT2D eigenvalue weighted by Crippen LogP contribution is 2.27. The Kier molecular flexibility index (Phi) is 4.72. The lowest BCUT2D eigenvalue weighted by Gasteiger charge is -2.13. The first-order chi connectivity index (χ1) is 8.72. The van der Waals surface area contributed by atoms with Crippen molar-refractivity contribution in [1.29, 1.82) is 0 Å². The fraction of sp³-hybridized carbons (Fsp3) is 0.267. The fourth-order valence-corrected chi connectivity index (χ4v) is 3.57. The molecule has 0 radical (unpaired) electrons. The van der Waals surface area contributed by atoms with Gasteiger partial charge in [-0.05, 0) is 39.4 Å². The summed E-state index contributed by atoms with van der Waals surface area (Å²) in [4.78, 5) is 13.5. The molecule has 0 saturated carbocycles. The molecule has 0 N–H and O–H groups in total. The molecule has 94 valence electrons. The summed E-state index contributed by atoms with van der Waals surface area (Å²) in [6, 6.07) is 12.0. The predicted octanol–water partition coefficient (Wildman–Crippen LogP) is 4.82. The van der Waals surface area contributed by atoms with E-state index in [1.165, 1.54) is 0 Å². The maximum absolute atomic E-state index is 12.4. The van der Waals surface area contributed by atoms with Crippen LogP contribution in [0.1, 0.15) is 29.7 Å². The molecule has 1 aromatic heterocycles. The third kappa shape index (κ3) is 3.09. The summed E-state index contributed by atoms with van der Waals surface area (Å²) in [5.74, 6) is 0.312. The summed E-state index contributed by atoms with van der Waals surface area (Å²) in [5.41, 5.74) is 1.12. The van der Waals surface area contributed by atoms with E-state index in [1.54, 1.807) is 11.3 Å². The number of carbonyl (C=O) groups excluding carboxylic acids is 1. The highest BCUT2D eigenvalue weighted by atomic mass is 79.9. The van der Waals surface area contributed by atoms with E-state index in [2.05, 4.69) is 22.9 Å². The zero-order valence-electron chi connectivity index (χ0n) is 10.2. The minimum Gasteiger partial charge on any atom is -0.299 e. The van der Waals surface area contributed by atoms with Gasteiger partial charge < -0.3 is 0 Å². The molecular formula is C15H15BrOS. The summed E-state index contributed by atoms with van der Waals surface area (Å²) < 4.78 is 1.05. The van der Waals surface area contributed by atoms with E-state index in [4.69, 9.17) is 0 Å². The number of Topliss-reactive ketones (excluding diaryl/α,β-unsaturated/α-hetero) is 1. The van der Waals surface area contributed by atoms with Crippen molar-refractivity contribution in [3.63, 3.8) is 0 Å². The van der Waals surface area contributed by atoms with Gasteiger partial charge in [-0.15, -0.1) is 11.3 Å². The van der Waals surface area contributed by atoms with Gasteiger partial charge in [0.1, 0.15) is 5.78 Å². The minimum atomic E-state index is 0.0141. The van der Waals surface area contributed by atoms with Crippen LogP contribution in [-0.4, -0.2) is 5.78 Å². The van der Waals surface area contributed by atoms with E-state index in [-0.39, 0.29) is 5.92 Å². The van der Waals surface area contributed by atoms with Gasteiger partial charge in [0.15, 0.2) is 0 Å². The van der Waals surface area contributed by atoms with Crippen molar-refractivity contribution in [1.82, 2.24) is 0 Å². The van der Waals surface area contributed by atoms with E-state index in [0.29, 0.717) is 12.2 Å². The second kappa shape index (κ2) is 6.30. The number of thiophene rings is 1. The van der Waals surface area contributed by atoms with E-state index in [9.17, 15) is 4.79 Å². The average molecular weight is 323 g/mol. The van der Waals surface area contributed by atoms with Crippen LogP contribution in [0, 0.1) is 0 Å². The van der Waals surface area contributed by atoms with Crippen molar-refractivity contribution in [3.8, 4) is 0 Å². The number of rotatable bonds is 5. The Morgan fingerprint density at radius 3 is 2.56 bits per heavy atom. The first-order valence-corrected chi connectivity index (χ1v) is 7.69. The number of hydrogen-bond donors (Lipinski definition) is 0. The fourth-order valence-electron chi connectivity index (χ4n) is 2.07. The standard InChI is InChI=1S/C15H15BrOS/c1-2-12(11-6-4-3-5-7-11)14(17)10-15-13(16)8-9-18-15/h3-9,12H,2,10H2,1H3. The molecule has 18 heavy (non-hydrogen) atoms. The average Bonchev–Trinajstić information content (AvgIpc) is 2.77. The van der Waals surface area contributed by atoms with Gasteiger partial charge in [0.05, 0.1) is 0 Å². The Labute approximate surface area is 120 Å². The lowest BCUT2D eigenvalue weighted by molar-refractivity contribution is -0.119. The Bertz CT molecular complexity index is 518. The maximum Gasteiger partial charge on any atom is 0.145 e. The van der Waals surface area contributed by atoms with Crippen molar-refractivity contribution < 1.29 is 4.79 Å². The van der Waals surface area contributed by atoms with Gasteiger partial charge in [0.2, 0.25) is 0 Å². The van der Waals surface area contributed by atoms with Crippen molar-refractivity contribution in [2.45, 2.75) is 25.7 Å². The van der Waals surface area contributed by atoms with Crippen LogP contribution in [0.5, 0.6) is 0 Å². The molecule has 2 aromatic rings. The second-order valence-corrected chi connectivity index (χ2v) is 6.06. The normalized spacial score (nSPS) is 12.3. The van der Waals surface area contributed by atoms with Gasteiger partial charge in [-0.2, -0.15) is 0 Å². The molecule has 2 rings (SSSR count). The quantitative estimate of drug-likeness (QED) is 0.771. The lowest BCUT2D eigenvalue weighted by Crippen LogP contribution is -2.14. The van der Waals surface area contributed by atoms with Gasteiger partial charge >= 0.3 is 0 Å². The Hall–Kier alpha value is -0.930. The smallest absolute Gasteiger partial charge is 0.145 e. The topological polar surface area (TPSA) is 17.1 Å². The first kappa shape index (κ1) is 13.5. The van der Waals surface area contributed by atoms with Gasteiger partial charge in [0.25, 0.3) is 0 Å². The summed E-state index contributed by atoms with van der Waals surface area (Å²) in [7, 11) is 0. The Morgan fingerprint density at radius 1 is 1.28 bits per heavy atom. The Balaban J connectivity index is 2.14. The summed E-state index contributed by atoms with van der Waals surface area (Å²) in [6.45, 7) is 2.07. The molecule has 1 unspecified atom stereocenters. The van der Waals surface area contributed by atoms with E-state index < -0.39 is 0 Å². The van der Waals surface area contributed by atoms with Crippen LogP contribution in [-0.2, 0) is 11.2 Å². The third-order valence-electron chi connectivity index (χ3n) is 3.02. The lowest BCUT2D eigenvalue weighted by atomic mass is 9.90. The van der Waals surface area contributed by atoms with E-state index in [1.807, 2.05) is 41.8 Å². The molecule has 0 saturated heterocycles. The van der Waals surface area contributed by atoms with Crippen LogP contribution < -0.4 is 0 Å². The molecule has 1 heterocycles. The van der Waals surface area contributed by atoms with Crippen molar-refractivity contribution in [2.75, 3.05) is 0 Å². The van der Waals surface area contributed by atoms with Crippen LogP contribution in [0.15, 0.2) is 46.3 Å². The Morgan fingerprint density at radius 2 is 2.00 bits per heavy atom. The molecule has 0 amide bonds. The molecule has 0 aliphatic carbocycles. The highest BCUT2D eigenvalue weighted by molar-refractivity contribution is 9.10. The van der Waals surface area contributed by atoms with Crippen molar-refractivity contribution >= 4 is 33.0 Å². The maximum atomic E-state index is 12.4. The molecule has 1 atom stereocenters. The van der Waals surface area contributed by atoms with Crippen molar-refractivity contribution in [3.05, 3.63) is 56.7 Å². The zero-order chi connectivity index (χ0) is 13.0. The second-order valence-electron chi connectivity index (χ2n) is 4.21. The number of carbonyl (C=O) groups is 1. The van der Waals surface area contributed by atoms with Crippen LogP contribution in [0.2, 0.25) is 0 Å². The summed E-state index contributed by atoms with van der Waals surface area (Å²) in [6.07, 6.45) is 1.37. The number of benzene rings is 1. The summed E-state index contributed by atoms with van der Waals surface area (Å²) >= 11 is 5.11. The highest BCUT2D eigenvalue weighted by Gasteiger charge is 2.19. The molecule has 0 bridgehead atoms. The van der Waals surface area contributed by atoms with Crippen LogP contribution >= 0.6 is 27.3 Å². The molecule has 3 heteroatoms. The van der Waals surface area contributed by atoms with E-state index >= 15 is 0 Å². The van der Waals surface area contributed by atoms with Gasteiger partial charge in [-0.3, -0.25) is 4.79 Å². The molecule has 0 aliphatic heterocycles. The van der Waals surface area contributed by atoms with Gasteiger partial charge in [-0.1, -0.05) is 37.3 Å². The third-order valence-corrected chi connectivity index (χ3v) is 4.95. The van der Waals surface area contributed by atoms with Gasteiger partial charge in [-0.25, -0.2) is 0 Å². The zero-order valence-corrected chi connectivity index (χ0v) is 12.6. The van der Waals surface area contributed by atoms with E-state index in [0.717, 1.165) is 21.3 Å². The van der Waals surface area contributed by atoms with Crippen LogP contribution in [0.3, 0.4) is 0 Å². The van der Waals surface area contributed by atoms with Crippen LogP contribution in [0.25, 0.3) is 0 Å². The molecule has 1 nitrogen and oxygen atoms in total. The molecule has 0 spiro atoms. The van der Waals surface area contributed by atoms with Gasteiger partial charge in [0, 0.05) is 21.7 Å². The van der Waals surface area contributed by atoms with Crippen molar-refractivity contribution in [2.24, 2.45) is 0 Å². The first-order valence-electron chi connectivity index (χ1n) is 6.02. The number of ketones is 1. The number of hydrogen-bond acceptors (Lipinski definition) is 2. The SMILES string of the molecule is CCC(C(=O)Cc1sccc1Br)c1ccccc1. The molecule has 0 aliphatic rings. The predicted molar refractivity (Wildman–Crippen MR) is 80.2 cm³/mol. The molecule has 1 aromatic carbocycles. The molecular weight excluding hydrogens is 308 g/mol. The largest absolute Gasteiger partial charge is 0.299 e. The minimum absolute atomic E-state index is 0.0141. The molecule has 0 fully saturated rings. The van der Waals surface area contributed by atoms with Crippen LogP contribution in [0.4, 0.5) is 0 Å². The summed E-state index contributed by atoms with van der Waals surface area (Å²) in [5, 5.41) is 2.01. The monoisotopic (exact) mass is 322 g/mol.